The molecule has 0 saturated carbocycles. The maximum atomic E-state index is 14.1. The highest BCUT2D eigenvalue weighted by Crippen LogP contribution is 2.39. The Bertz CT molecular complexity index is 993. The molecule has 5 nitrogen and oxygen atoms in total. The Kier molecular flexibility index (Phi) is 7.05. The number of nitrogens with one attached hydrogen (secondary N) is 1. The largest absolute Gasteiger partial charge is 0.492 e. The smallest absolute Gasteiger partial charge is 0.445 e. The number of alkyl carbamates (subject to hydrolysis) is 1. The fourth-order valence-corrected chi connectivity index (χ4v) is 3.17. The van der Waals surface area contributed by atoms with Gasteiger partial charge < -0.3 is 19.4 Å². The zero-order chi connectivity index (χ0) is 23.5. The lowest BCUT2D eigenvalue weighted by atomic mass is 9.76. The molecule has 1 aliphatic heterocycles. The Morgan fingerprint density at radius 2 is 1.69 bits per heavy atom. The van der Waals surface area contributed by atoms with Gasteiger partial charge in [-0.05, 0) is 62.8 Å². The summed E-state index contributed by atoms with van der Waals surface area (Å²) >= 11 is 0. The van der Waals surface area contributed by atoms with E-state index in [0.717, 1.165) is 11.6 Å². The van der Waals surface area contributed by atoms with E-state index in [1.54, 1.807) is 6.08 Å². The van der Waals surface area contributed by atoms with Gasteiger partial charge >= 0.3 is 13.2 Å². The van der Waals surface area contributed by atoms with Gasteiger partial charge in [0.25, 0.3) is 0 Å². The Hall–Kier alpha value is -2.71. The lowest BCUT2D eigenvalue weighted by Crippen LogP contribution is -2.41. The minimum Gasteiger partial charge on any atom is -0.445 e. The number of ether oxygens (including phenoxy) is 1. The zero-order valence-electron chi connectivity index (χ0n) is 19.0. The van der Waals surface area contributed by atoms with E-state index in [1.807, 2.05) is 58.0 Å². The fourth-order valence-electron chi connectivity index (χ4n) is 3.17. The maximum absolute atomic E-state index is 14.1. The Morgan fingerprint density at radius 3 is 2.31 bits per heavy atom. The Balaban J connectivity index is 1.78. The van der Waals surface area contributed by atoms with Crippen LogP contribution in [-0.2, 0) is 20.7 Å². The van der Waals surface area contributed by atoms with Crippen LogP contribution in [0.2, 0.25) is 0 Å². The molecule has 1 N–H and O–H groups in total. The van der Waals surface area contributed by atoms with Gasteiger partial charge in [0.05, 0.1) is 11.2 Å². The summed E-state index contributed by atoms with van der Waals surface area (Å²) in [5, 5.41) is 2.69. The van der Waals surface area contributed by atoms with Gasteiger partial charge in [0, 0.05) is 6.54 Å². The second-order valence-electron chi connectivity index (χ2n) is 8.80. The average Bonchev–Trinajstić information content (AvgIpc) is 2.97. The molecule has 1 saturated heterocycles. The highest BCUT2D eigenvalue weighted by Gasteiger charge is 2.52. The van der Waals surface area contributed by atoms with Gasteiger partial charge in [-0.15, -0.1) is 0 Å². The van der Waals surface area contributed by atoms with Gasteiger partial charge in [0.15, 0.2) is 11.6 Å². The first-order valence-electron chi connectivity index (χ1n) is 10.5. The van der Waals surface area contributed by atoms with Gasteiger partial charge in [-0.1, -0.05) is 42.5 Å². The quantitative estimate of drug-likeness (QED) is 0.623. The Labute approximate surface area is 187 Å². The van der Waals surface area contributed by atoms with Crippen molar-refractivity contribution in [3.05, 3.63) is 76.3 Å². The van der Waals surface area contributed by atoms with Crippen LogP contribution in [0.4, 0.5) is 13.6 Å². The van der Waals surface area contributed by atoms with Crippen LogP contribution in [-0.4, -0.2) is 31.0 Å². The van der Waals surface area contributed by atoms with Crippen LogP contribution in [0, 0.1) is 18.6 Å². The van der Waals surface area contributed by atoms with E-state index < -0.39 is 36.0 Å². The number of benzene rings is 2. The molecule has 1 amide bonds. The van der Waals surface area contributed by atoms with Crippen LogP contribution >= 0.6 is 0 Å². The third-order valence-corrected chi connectivity index (χ3v) is 5.93. The van der Waals surface area contributed by atoms with Crippen molar-refractivity contribution in [2.75, 3.05) is 6.54 Å². The molecule has 0 aromatic heterocycles. The van der Waals surface area contributed by atoms with Crippen LogP contribution in [0.5, 0.6) is 0 Å². The summed E-state index contributed by atoms with van der Waals surface area (Å²) in [6.45, 7) is 9.31. The second kappa shape index (κ2) is 9.42. The van der Waals surface area contributed by atoms with Gasteiger partial charge in [-0.2, -0.15) is 0 Å². The molecule has 1 fully saturated rings. The number of amides is 1. The molecule has 3 rings (SSSR count). The molecule has 0 unspecified atom stereocenters. The van der Waals surface area contributed by atoms with Crippen molar-refractivity contribution in [1.29, 1.82) is 0 Å². The number of carbonyl (C=O) groups excluding carboxylic acids is 1. The summed E-state index contributed by atoms with van der Waals surface area (Å²) in [5.41, 5.74) is 0.830. The van der Waals surface area contributed by atoms with Crippen LogP contribution in [0.25, 0.3) is 6.08 Å². The van der Waals surface area contributed by atoms with Crippen molar-refractivity contribution < 1.29 is 27.6 Å². The molecule has 8 heteroatoms. The highest BCUT2D eigenvalue weighted by atomic mass is 19.2. The molecule has 1 heterocycles. The molecule has 1 aliphatic rings. The molecule has 0 atom stereocenters. The standard InChI is InChI=1S/C24H28BF2NO4/c1-16-18(11-12-20(26)21(16)27)13-19(25-31-23(2,3)24(4,5)32-25)14-28-22(29)30-15-17-9-7-6-8-10-17/h6-13H,14-15H2,1-5H3,(H,28,29). The number of hydrogen-bond donors (Lipinski definition) is 1. The first kappa shape index (κ1) is 23.9. The number of hydrogen-bond acceptors (Lipinski definition) is 4. The first-order valence-corrected chi connectivity index (χ1v) is 10.5. The minimum atomic E-state index is -0.917. The number of rotatable bonds is 6. The van der Waals surface area contributed by atoms with Gasteiger partial charge in [-0.25, -0.2) is 13.6 Å². The van der Waals surface area contributed by atoms with Crippen LogP contribution < -0.4 is 5.32 Å². The van der Waals surface area contributed by atoms with Crippen molar-refractivity contribution in [2.45, 2.75) is 52.4 Å². The van der Waals surface area contributed by atoms with Gasteiger partial charge in [0.1, 0.15) is 6.61 Å². The zero-order valence-corrected chi connectivity index (χ0v) is 19.0. The minimum absolute atomic E-state index is 0.0445. The van der Waals surface area contributed by atoms with Crippen LogP contribution in [0.15, 0.2) is 47.9 Å². The summed E-state index contributed by atoms with van der Waals surface area (Å²) in [4.78, 5) is 12.3. The van der Waals surface area contributed by atoms with Crippen molar-refractivity contribution in [3.63, 3.8) is 0 Å². The van der Waals surface area contributed by atoms with E-state index in [1.165, 1.54) is 13.0 Å². The Morgan fingerprint density at radius 1 is 1.06 bits per heavy atom. The molecule has 0 radical (unpaired) electrons. The van der Waals surface area contributed by atoms with Crippen LogP contribution in [0.3, 0.4) is 0 Å². The third kappa shape index (κ3) is 5.37. The van der Waals surface area contributed by atoms with Gasteiger partial charge in [0.2, 0.25) is 0 Å². The topological polar surface area (TPSA) is 56.8 Å². The summed E-state index contributed by atoms with van der Waals surface area (Å²) in [6, 6.07) is 11.9. The summed E-state index contributed by atoms with van der Waals surface area (Å²) < 4.78 is 45.1. The summed E-state index contributed by atoms with van der Waals surface area (Å²) in [6.07, 6.45) is 1.04. The van der Waals surface area contributed by atoms with Crippen molar-refractivity contribution in [2.24, 2.45) is 0 Å². The maximum Gasteiger partial charge on any atom is 0.492 e. The predicted molar refractivity (Wildman–Crippen MR) is 120 cm³/mol. The highest BCUT2D eigenvalue weighted by molar-refractivity contribution is 6.56. The van der Waals surface area contributed by atoms with E-state index in [2.05, 4.69) is 5.32 Å². The lowest BCUT2D eigenvalue weighted by Gasteiger charge is -2.32. The molecular weight excluding hydrogens is 415 g/mol. The van der Waals surface area contributed by atoms with Crippen molar-refractivity contribution in [1.82, 2.24) is 5.32 Å². The third-order valence-electron chi connectivity index (χ3n) is 5.93. The molecule has 0 bridgehead atoms. The predicted octanol–water partition coefficient (Wildman–Crippen LogP) is 5.21. The van der Waals surface area contributed by atoms with E-state index in [0.29, 0.717) is 11.0 Å². The van der Waals surface area contributed by atoms with E-state index >= 15 is 0 Å². The number of carbonyl (C=O) groups is 1. The SMILES string of the molecule is Cc1c(C=C(CNC(=O)OCc2ccccc2)B2OC(C)(C)C(C)(C)O2)ccc(F)c1F. The van der Waals surface area contributed by atoms with E-state index in [9.17, 15) is 13.6 Å². The first-order chi connectivity index (χ1) is 15.0. The lowest BCUT2D eigenvalue weighted by molar-refractivity contribution is 0.00578. The molecule has 0 aliphatic carbocycles. The van der Waals surface area contributed by atoms with Crippen LogP contribution in [0.1, 0.15) is 44.4 Å². The van der Waals surface area contributed by atoms with Crippen molar-refractivity contribution in [3.8, 4) is 0 Å². The normalized spacial score (nSPS) is 17.3. The monoisotopic (exact) mass is 443 g/mol. The molecular formula is C24H28BF2NO4. The van der Waals surface area contributed by atoms with E-state index in [-0.39, 0.29) is 18.7 Å². The summed E-state index contributed by atoms with van der Waals surface area (Å²) in [5.74, 6) is -1.83. The molecule has 2 aromatic carbocycles. The van der Waals surface area contributed by atoms with Gasteiger partial charge in [-0.3, -0.25) is 0 Å². The second-order valence-corrected chi connectivity index (χ2v) is 8.80. The molecule has 2 aromatic rings. The molecule has 32 heavy (non-hydrogen) atoms. The fraction of sp³-hybridized carbons (Fsp3) is 0.375. The summed E-state index contributed by atoms with van der Waals surface area (Å²) in [7, 11) is -0.776. The molecule has 170 valence electrons. The van der Waals surface area contributed by atoms with E-state index in [4.69, 9.17) is 14.0 Å². The van der Waals surface area contributed by atoms with Crippen molar-refractivity contribution >= 4 is 19.3 Å². The molecule has 0 spiro atoms. The number of halogens is 2. The average molecular weight is 443 g/mol.